The van der Waals surface area contributed by atoms with Gasteiger partial charge < -0.3 is 5.32 Å². The normalized spacial score (nSPS) is 10.3. The minimum Gasteiger partial charge on any atom is -0.317 e. The molecule has 0 aliphatic heterocycles. The smallest absolute Gasteiger partial charge is 0.00588 e. The molecule has 0 bridgehead atoms. The molecule has 0 rings (SSSR count). The van der Waals surface area contributed by atoms with Gasteiger partial charge in [-0.3, -0.25) is 0 Å². The summed E-state index contributed by atoms with van der Waals surface area (Å²) in [6.07, 6.45) is 2.49. The first kappa shape index (κ1) is 6.96. The van der Waals surface area contributed by atoms with Gasteiger partial charge in [-0.15, -0.1) is 0 Å². The maximum absolute atomic E-state index is 3.20. The van der Waals surface area contributed by atoms with Crippen molar-refractivity contribution in [2.45, 2.75) is 32.7 Å². The Hall–Kier alpha value is -0.0400. The molecule has 0 aliphatic rings. The van der Waals surface area contributed by atoms with E-state index in [0.29, 0.717) is 0 Å². The Labute approximate surface area is 47.6 Å². The second-order valence-corrected chi connectivity index (χ2v) is 1.80. The number of hydrogen-bond donors (Lipinski definition) is 1. The molecular weight excluding hydrogens is 86.1 g/mol. The summed E-state index contributed by atoms with van der Waals surface area (Å²) in [6.45, 7) is 4.40. The third-order valence-corrected chi connectivity index (χ3v) is 1.39. The molecule has 0 aromatic heterocycles. The van der Waals surface area contributed by atoms with Crippen LogP contribution in [0.5, 0.6) is 0 Å². The zero-order chi connectivity index (χ0) is 5.70. The first-order valence-corrected chi connectivity index (χ1v) is 3.02. The average Bonchev–Trinajstić information content (AvgIpc) is 1.72. The van der Waals surface area contributed by atoms with E-state index < -0.39 is 0 Å². The zero-order valence-corrected chi connectivity index (χ0v) is 5.49. The standard InChI is InChI=1S/C6H15N.H2/c1-4-6(5-2)7-3;/h6-7H,4-5H2,1-3H3;1H. The van der Waals surface area contributed by atoms with E-state index in [1.807, 2.05) is 7.05 Å². The van der Waals surface area contributed by atoms with Crippen LogP contribution in [0.15, 0.2) is 0 Å². The summed E-state index contributed by atoms with van der Waals surface area (Å²) >= 11 is 0. The minimum atomic E-state index is 0. The largest absolute Gasteiger partial charge is 0.317 e. The van der Waals surface area contributed by atoms with Gasteiger partial charge in [0.05, 0.1) is 0 Å². The third kappa shape index (κ3) is 2.63. The SMILES string of the molecule is CCC(CC)NC.[HH]. The van der Waals surface area contributed by atoms with E-state index in [2.05, 4.69) is 19.2 Å². The van der Waals surface area contributed by atoms with Crippen LogP contribution >= 0.6 is 0 Å². The van der Waals surface area contributed by atoms with Gasteiger partial charge in [0, 0.05) is 7.47 Å². The number of hydrogen-bond acceptors (Lipinski definition) is 1. The Balaban J connectivity index is 0. The van der Waals surface area contributed by atoms with Crippen molar-refractivity contribution < 1.29 is 1.43 Å². The Morgan fingerprint density at radius 2 is 1.86 bits per heavy atom. The van der Waals surface area contributed by atoms with Crippen molar-refractivity contribution in [1.82, 2.24) is 5.32 Å². The van der Waals surface area contributed by atoms with Crippen molar-refractivity contribution in [3.05, 3.63) is 0 Å². The van der Waals surface area contributed by atoms with Crippen molar-refractivity contribution in [2.75, 3.05) is 7.05 Å². The second-order valence-electron chi connectivity index (χ2n) is 1.80. The van der Waals surface area contributed by atoms with E-state index in [0.717, 1.165) is 6.04 Å². The highest BCUT2D eigenvalue weighted by Crippen LogP contribution is 1.92. The Kier molecular flexibility index (Phi) is 4.10. The number of rotatable bonds is 3. The topological polar surface area (TPSA) is 12.0 Å². The highest BCUT2D eigenvalue weighted by atomic mass is 14.9. The molecule has 0 spiro atoms. The highest BCUT2D eigenvalue weighted by Gasteiger charge is 1.94. The predicted molar refractivity (Wildman–Crippen MR) is 35.5 cm³/mol. The quantitative estimate of drug-likeness (QED) is 0.572. The van der Waals surface area contributed by atoms with Crippen molar-refractivity contribution >= 4 is 0 Å². The molecule has 0 heterocycles. The van der Waals surface area contributed by atoms with E-state index in [1.54, 1.807) is 0 Å². The molecular formula is C6H17N. The van der Waals surface area contributed by atoms with E-state index in [1.165, 1.54) is 12.8 Å². The summed E-state index contributed by atoms with van der Waals surface area (Å²) in [5.41, 5.74) is 0. The first-order valence-electron chi connectivity index (χ1n) is 3.02. The summed E-state index contributed by atoms with van der Waals surface area (Å²) in [7, 11) is 2.01. The minimum absolute atomic E-state index is 0. The summed E-state index contributed by atoms with van der Waals surface area (Å²) in [5.74, 6) is 0. The average molecular weight is 103 g/mol. The van der Waals surface area contributed by atoms with Gasteiger partial charge in [-0.25, -0.2) is 0 Å². The Morgan fingerprint density at radius 3 is 1.86 bits per heavy atom. The van der Waals surface area contributed by atoms with Gasteiger partial charge in [0.25, 0.3) is 0 Å². The molecule has 1 N–H and O–H groups in total. The fourth-order valence-electron chi connectivity index (χ4n) is 0.697. The lowest BCUT2D eigenvalue weighted by Gasteiger charge is -2.08. The summed E-state index contributed by atoms with van der Waals surface area (Å²) in [4.78, 5) is 0. The third-order valence-electron chi connectivity index (χ3n) is 1.39. The Bertz CT molecular complexity index is 30.0. The molecule has 1 nitrogen and oxygen atoms in total. The van der Waals surface area contributed by atoms with Crippen molar-refractivity contribution in [1.29, 1.82) is 0 Å². The van der Waals surface area contributed by atoms with Crippen LogP contribution < -0.4 is 5.32 Å². The van der Waals surface area contributed by atoms with E-state index in [-0.39, 0.29) is 1.43 Å². The fourth-order valence-corrected chi connectivity index (χ4v) is 0.697. The van der Waals surface area contributed by atoms with Crippen LogP contribution in [0.2, 0.25) is 0 Å². The molecule has 0 unspecified atom stereocenters. The summed E-state index contributed by atoms with van der Waals surface area (Å²) < 4.78 is 0. The van der Waals surface area contributed by atoms with E-state index >= 15 is 0 Å². The molecule has 0 radical (unpaired) electrons. The molecule has 46 valence electrons. The van der Waals surface area contributed by atoms with Gasteiger partial charge >= 0.3 is 0 Å². The van der Waals surface area contributed by atoms with E-state index in [4.69, 9.17) is 0 Å². The molecule has 0 amide bonds. The van der Waals surface area contributed by atoms with Crippen molar-refractivity contribution in [3.8, 4) is 0 Å². The van der Waals surface area contributed by atoms with Gasteiger partial charge in [-0.1, -0.05) is 13.8 Å². The lowest BCUT2D eigenvalue weighted by atomic mass is 10.2. The van der Waals surface area contributed by atoms with Gasteiger partial charge in [0.1, 0.15) is 0 Å². The molecule has 0 saturated heterocycles. The number of nitrogens with one attached hydrogen (secondary N) is 1. The molecule has 7 heavy (non-hydrogen) atoms. The zero-order valence-electron chi connectivity index (χ0n) is 5.49. The van der Waals surface area contributed by atoms with Crippen LogP contribution in [-0.2, 0) is 0 Å². The maximum Gasteiger partial charge on any atom is 0.00588 e. The van der Waals surface area contributed by atoms with Crippen LogP contribution in [-0.4, -0.2) is 13.1 Å². The molecule has 0 fully saturated rings. The second kappa shape index (κ2) is 4.13. The monoisotopic (exact) mass is 103 g/mol. The summed E-state index contributed by atoms with van der Waals surface area (Å²) in [6, 6.07) is 0.736. The highest BCUT2D eigenvalue weighted by molar-refractivity contribution is 4.56. The van der Waals surface area contributed by atoms with Crippen LogP contribution in [0, 0.1) is 0 Å². The van der Waals surface area contributed by atoms with E-state index in [9.17, 15) is 0 Å². The summed E-state index contributed by atoms with van der Waals surface area (Å²) in [5, 5.41) is 3.20. The Morgan fingerprint density at radius 1 is 1.43 bits per heavy atom. The van der Waals surface area contributed by atoms with Gasteiger partial charge in [0.15, 0.2) is 0 Å². The molecule has 0 aromatic carbocycles. The van der Waals surface area contributed by atoms with Crippen LogP contribution in [0.3, 0.4) is 0 Å². The predicted octanol–water partition coefficient (Wildman–Crippen LogP) is 1.64. The van der Waals surface area contributed by atoms with Gasteiger partial charge in [0.2, 0.25) is 0 Å². The lowest BCUT2D eigenvalue weighted by Crippen LogP contribution is -2.22. The van der Waals surface area contributed by atoms with Crippen LogP contribution in [0.1, 0.15) is 28.1 Å². The van der Waals surface area contributed by atoms with Crippen LogP contribution in [0.25, 0.3) is 0 Å². The van der Waals surface area contributed by atoms with Crippen molar-refractivity contribution in [3.63, 3.8) is 0 Å². The fraction of sp³-hybridized carbons (Fsp3) is 1.00. The first-order chi connectivity index (χ1) is 3.35. The van der Waals surface area contributed by atoms with Crippen LogP contribution in [0.4, 0.5) is 0 Å². The molecule has 0 saturated carbocycles. The maximum atomic E-state index is 3.20. The molecule has 1 heteroatoms. The van der Waals surface area contributed by atoms with Gasteiger partial charge in [-0.2, -0.15) is 0 Å². The molecule has 0 aliphatic carbocycles. The van der Waals surface area contributed by atoms with Crippen molar-refractivity contribution in [2.24, 2.45) is 0 Å². The lowest BCUT2D eigenvalue weighted by molar-refractivity contribution is 0.531. The van der Waals surface area contributed by atoms with Gasteiger partial charge in [-0.05, 0) is 19.9 Å². The molecule has 0 atom stereocenters. The molecule has 0 aromatic rings.